The number of hydrogen-bond acceptors (Lipinski definition) is 2. The first kappa shape index (κ1) is 14.0. The van der Waals surface area contributed by atoms with Crippen LogP contribution in [-0.2, 0) is 6.54 Å². The predicted molar refractivity (Wildman–Crippen MR) is 88.2 cm³/mol. The van der Waals surface area contributed by atoms with Crippen LogP contribution in [0.25, 0.3) is 11.1 Å². The third-order valence-electron chi connectivity index (χ3n) is 4.48. The molecule has 2 aromatic carbocycles. The first-order chi connectivity index (χ1) is 11.1. The van der Waals surface area contributed by atoms with Gasteiger partial charge in [0.05, 0.1) is 0 Å². The highest BCUT2D eigenvalue weighted by molar-refractivity contribution is 5.99. The van der Waals surface area contributed by atoms with Crippen LogP contribution in [0.3, 0.4) is 0 Å². The summed E-state index contributed by atoms with van der Waals surface area (Å²) in [5, 5.41) is 2.99. The summed E-state index contributed by atoms with van der Waals surface area (Å²) >= 11 is 0. The minimum atomic E-state index is 0.000208. The van der Waals surface area contributed by atoms with Gasteiger partial charge in [-0.2, -0.15) is 0 Å². The smallest absolute Gasteiger partial charge is 0.254 e. The van der Waals surface area contributed by atoms with E-state index < -0.39 is 0 Å². The summed E-state index contributed by atoms with van der Waals surface area (Å²) in [4.78, 5) is 25.7. The van der Waals surface area contributed by atoms with Gasteiger partial charge in [-0.1, -0.05) is 18.2 Å². The highest BCUT2D eigenvalue weighted by atomic mass is 16.2. The Morgan fingerprint density at radius 2 is 1.78 bits per heavy atom. The largest absolute Gasteiger partial charge is 0.349 e. The molecule has 1 fully saturated rings. The quantitative estimate of drug-likeness (QED) is 0.948. The number of carbonyl (C=O) groups excluding carboxylic acids is 2. The Kier molecular flexibility index (Phi) is 3.18. The number of nitrogens with zero attached hydrogens (tertiary/aromatic N) is 1. The Morgan fingerprint density at radius 1 is 1.09 bits per heavy atom. The van der Waals surface area contributed by atoms with Gasteiger partial charge in [0.25, 0.3) is 11.8 Å². The molecule has 0 saturated heterocycles. The van der Waals surface area contributed by atoms with Crippen molar-refractivity contribution >= 4 is 11.8 Å². The molecule has 0 unspecified atom stereocenters. The molecule has 1 N–H and O–H groups in total. The maximum Gasteiger partial charge on any atom is 0.254 e. The van der Waals surface area contributed by atoms with Gasteiger partial charge in [0.15, 0.2) is 0 Å². The molecule has 4 nitrogen and oxygen atoms in total. The van der Waals surface area contributed by atoms with Crippen LogP contribution < -0.4 is 5.32 Å². The SMILES string of the molecule is CN1Cc2cc(-c3ccc(C(=O)NC4CC4)cc3)ccc2C1=O. The molecule has 4 rings (SSSR count). The van der Waals surface area contributed by atoms with Gasteiger partial charge < -0.3 is 10.2 Å². The molecule has 1 aliphatic carbocycles. The van der Waals surface area contributed by atoms with Crippen LogP contribution in [-0.4, -0.2) is 29.8 Å². The first-order valence-corrected chi connectivity index (χ1v) is 7.91. The molecule has 0 aromatic heterocycles. The lowest BCUT2D eigenvalue weighted by Gasteiger charge is -2.07. The average Bonchev–Trinajstić information content (AvgIpc) is 3.33. The number of benzene rings is 2. The van der Waals surface area contributed by atoms with E-state index in [1.807, 2.05) is 43.4 Å². The molecule has 0 spiro atoms. The summed E-state index contributed by atoms with van der Waals surface area (Å²) in [6.45, 7) is 0.657. The zero-order chi connectivity index (χ0) is 16.0. The minimum Gasteiger partial charge on any atom is -0.349 e. The van der Waals surface area contributed by atoms with Crippen LogP contribution in [0.15, 0.2) is 42.5 Å². The lowest BCUT2D eigenvalue weighted by Crippen LogP contribution is -2.25. The van der Waals surface area contributed by atoms with Crippen molar-refractivity contribution in [3.05, 3.63) is 59.2 Å². The molecule has 23 heavy (non-hydrogen) atoms. The van der Waals surface area contributed by atoms with Gasteiger partial charge in [0.1, 0.15) is 0 Å². The molecule has 0 atom stereocenters. The van der Waals surface area contributed by atoms with Crippen molar-refractivity contribution in [3.8, 4) is 11.1 Å². The third kappa shape index (κ3) is 2.61. The van der Waals surface area contributed by atoms with Crippen molar-refractivity contribution in [2.24, 2.45) is 0 Å². The topological polar surface area (TPSA) is 49.4 Å². The molecule has 4 heteroatoms. The molecule has 1 saturated carbocycles. The lowest BCUT2D eigenvalue weighted by molar-refractivity contribution is 0.0816. The summed E-state index contributed by atoms with van der Waals surface area (Å²) in [5.74, 6) is 0.0823. The van der Waals surface area contributed by atoms with E-state index in [4.69, 9.17) is 0 Å². The first-order valence-electron chi connectivity index (χ1n) is 7.91. The Labute approximate surface area is 135 Å². The number of rotatable bonds is 3. The van der Waals surface area contributed by atoms with Gasteiger partial charge in [-0.05, 0) is 53.8 Å². The monoisotopic (exact) mass is 306 g/mol. The average molecular weight is 306 g/mol. The molecule has 116 valence electrons. The molecule has 0 radical (unpaired) electrons. The van der Waals surface area contributed by atoms with Gasteiger partial charge in [-0.3, -0.25) is 9.59 Å². The van der Waals surface area contributed by atoms with E-state index >= 15 is 0 Å². The van der Waals surface area contributed by atoms with Crippen LogP contribution in [0.1, 0.15) is 39.1 Å². The van der Waals surface area contributed by atoms with Crippen LogP contribution in [0, 0.1) is 0 Å². The van der Waals surface area contributed by atoms with Crippen LogP contribution in [0.4, 0.5) is 0 Å². The second-order valence-electron chi connectivity index (χ2n) is 6.36. The maximum absolute atomic E-state index is 12.0. The lowest BCUT2D eigenvalue weighted by atomic mass is 9.99. The standard InChI is InChI=1S/C19H18N2O2/c1-21-11-15-10-14(6-9-17(15)19(21)23)12-2-4-13(5-3-12)18(22)20-16-7-8-16/h2-6,9-10,16H,7-8,11H2,1H3,(H,20,22). The molecule has 2 amide bonds. The Morgan fingerprint density at radius 3 is 2.48 bits per heavy atom. The minimum absolute atomic E-state index is 0.000208. The van der Waals surface area contributed by atoms with Crippen molar-refractivity contribution in [3.63, 3.8) is 0 Å². The van der Waals surface area contributed by atoms with E-state index in [0.29, 0.717) is 18.2 Å². The number of hydrogen-bond donors (Lipinski definition) is 1. The van der Waals surface area contributed by atoms with E-state index in [1.54, 1.807) is 4.90 Å². The summed E-state index contributed by atoms with van der Waals surface area (Å²) < 4.78 is 0. The van der Waals surface area contributed by atoms with Gasteiger partial charge >= 0.3 is 0 Å². The van der Waals surface area contributed by atoms with E-state index in [-0.39, 0.29) is 11.8 Å². The third-order valence-corrected chi connectivity index (χ3v) is 4.48. The van der Waals surface area contributed by atoms with Gasteiger partial charge in [0.2, 0.25) is 0 Å². The second kappa shape index (κ2) is 5.23. The molecular formula is C19H18N2O2. The highest BCUT2D eigenvalue weighted by Gasteiger charge is 2.25. The molecule has 2 aromatic rings. The molecule has 1 heterocycles. The summed E-state index contributed by atoms with van der Waals surface area (Å²) in [7, 11) is 1.81. The molecule has 0 bridgehead atoms. The Hall–Kier alpha value is -2.62. The summed E-state index contributed by atoms with van der Waals surface area (Å²) in [6.07, 6.45) is 2.18. The van der Waals surface area contributed by atoms with Gasteiger partial charge in [-0.15, -0.1) is 0 Å². The second-order valence-corrected chi connectivity index (χ2v) is 6.36. The summed E-state index contributed by atoms with van der Waals surface area (Å²) in [5.41, 5.74) is 4.66. The van der Waals surface area contributed by atoms with Crippen molar-refractivity contribution in [2.45, 2.75) is 25.4 Å². The zero-order valence-corrected chi connectivity index (χ0v) is 13.0. The molecule has 2 aliphatic rings. The summed E-state index contributed by atoms with van der Waals surface area (Å²) in [6, 6.07) is 13.9. The normalized spacial score (nSPS) is 16.4. The Balaban J connectivity index is 1.58. The van der Waals surface area contributed by atoms with Crippen molar-refractivity contribution in [1.29, 1.82) is 0 Å². The van der Waals surface area contributed by atoms with Crippen LogP contribution >= 0.6 is 0 Å². The molecule has 1 aliphatic heterocycles. The number of fused-ring (bicyclic) bond motifs is 1. The van der Waals surface area contributed by atoms with E-state index in [2.05, 4.69) is 11.4 Å². The fourth-order valence-electron chi connectivity index (χ4n) is 2.96. The Bertz CT molecular complexity index is 792. The van der Waals surface area contributed by atoms with E-state index in [0.717, 1.165) is 35.1 Å². The van der Waals surface area contributed by atoms with Crippen molar-refractivity contribution < 1.29 is 9.59 Å². The zero-order valence-electron chi connectivity index (χ0n) is 13.0. The molecular weight excluding hydrogens is 288 g/mol. The number of carbonyl (C=O) groups is 2. The number of nitrogens with one attached hydrogen (secondary N) is 1. The van der Waals surface area contributed by atoms with Crippen molar-refractivity contribution in [1.82, 2.24) is 10.2 Å². The van der Waals surface area contributed by atoms with E-state index in [1.165, 1.54) is 0 Å². The fraction of sp³-hybridized carbons (Fsp3) is 0.263. The van der Waals surface area contributed by atoms with E-state index in [9.17, 15) is 9.59 Å². The van der Waals surface area contributed by atoms with Crippen LogP contribution in [0.2, 0.25) is 0 Å². The van der Waals surface area contributed by atoms with Gasteiger partial charge in [0, 0.05) is 30.8 Å². The predicted octanol–water partition coefficient (Wildman–Crippen LogP) is 2.83. The highest BCUT2D eigenvalue weighted by Crippen LogP contribution is 2.28. The fourth-order valence-corrected chi connectivity index (χ4v) is 2.96. The van der Waals surface area contributed by atoms with Crippen molar-refractivity contribution in [2.75, 3.05) is 7.05 Å². The maximum atomic E-state index is 12.0. The van der Waals surface area contributed by atoms with Crippen LogP contribution in [0.5, 0.6) is 0 Å². The van der Waals surface area contributed by atoms with Gasteiger partial charge in [-0.25, -0.2) is 0 Å². The number of amides is 2.